The van der Waals surface area contributed by atoms with Crippen molar-refractivity contribution in [2.75, 3.05) is 0 Å². The number of nitrogens with zero attached hydrogens (tertiary/aromatic N) is 1. The number of aromatic amines is 1. The lowest BCUT2D eigenvalue weighted by Crippen LogP contribution is -2.42. The van der Waals surface area contributed by atoms with Crippen LogP contribution in [0, 0.1) is 19.7 Å². The van der Waals surface area contributed by atoms with Crippen LogP contribution in [0.1, 0.15) is 59.2 Å². The molecule has 3 aromatic rings. The van der Waals surface area contributed by atoms with Crippen LogP contribution in [0.25, 0.3) is 10.9 Å². The van der Waals surface area contributed by atoms with Gasteiger partial charge in [-0.15, -0.1) is 0 Å². The van der Waals surface area contributed by atoms with Gasteiger partial charge < -0.3 is 9.88 Å². The Morgan fingerprint density at radius 3 is 2.47 bits per heavy atom. The number of nitrogens with one attached hydrogen (secondary N) is 1. The van der Waals surface area contributed by atoms with E-state index in [1.54, 1.807) is 0 Å². The van der Waals surface area contributed by atoms with E-state index in [9.17, 15) is 14.0 Å². The Hall–Kier alpha value is -2.95. The number of fused-ring (bicyclic) bond motifs is 1. The van der Waals surface area contributed by atoms with Gasteiger partial charge in [-0.3, -0.25) is 9.59 Å². The minimum absolute atomic E-state index is 0.0884. The maximum Gasteiger partial charge on any atom is 0.254 e. The van der Waals surface area contributed by atoms with E-state index >= 15 is 0 Å². The molecule has 1 saturated carbocycles. The molecule has 1 heterocycles. The number of benzene rings is 2. The highest BCUT2D eigenvalue weighted by molar-refractivity contribution is 5.94. The van der Waals surface area contributed by atoms with Crippen LogP contribution in [0.15, 0.2) is 47.3 Å². The topological polar surface area (TPSA) is 53.2 Å². The molecule has 0 unspecified atom stereocenters. The molecule has 4 rings (SSSR count). The molecule has 0 atom stereocenters. The van der Waals surface area contributed by atoms with Crippen molar-refractivity contribution in [2.24, 2.45) is 0 Å². The summed E-state index contributed by atoms with van der Waals surface area (Å²) in [5, 5.41) is 0.994. The summed E-state index contributed by atoms with van der Waals surface area (Å²) in [6.45, 7) is 4.28. The normalized spacial score (nSPS) is 14.8. The van der Waals surface area contributed by atoms with Crippen molar-refractivity contribution in [1.29, 1.82) is 0 Å². The standard InChI is InChI=1S/C25H27FN2O2/c1-16-12-17(2)22-14-19(24(29)27-23(22)13-16)15-28(21-6-4-3-5-7-21)25(30)18-8-10-20(26)11-9-18/h8-14,21H,3-7,15H2,1-2H3,(H,27,29). The number of pyridine rings is 1. The van der Waals surface area contributed by atoms with Gasteiger partial charge in [-0.2, -0.15) is 0 Å². The third-order valence-electron chi connectivity index (χ3n) is 6.10. The number of hydrogen-bond donors (Lipinski definition) is 1. The molecule has 1 aliphatic carbocycles. The molecule has 0 bridgehead atoms. The highest BCUT2D eigenvalue weighted by atomic mass is 19.1. The molecule has 0 radical (unpaired) electrons. The number of amides is 1. The monoisotopic (exact) mass is 406 g/mol. The van der Waals surface area contributed by atoms with Crippen molar-refractivity contribution in [1.82, 2.24) is 9.88 Å². The zero-order valence-electron chi connectivity index (χ0n) is 17.5. The molecule has 2 aromatic carbocycles. The van der Waals surface area contributed by atoms with E-state index in [0.717, 1.165) is 47.7 Å². The van der Waals surface area contributed by atoms with Crippen LogP contribution in [0.3, 0.4) is 0 Å². The number of carbonyl (C=O) groups is 1. The Balaban J connectivity index is 1.72. The van der Waals surface area contributed by atoms with Gasteiger partial charge in [0, 0.05) is 28.1 Å². The first kappa shape index (κ1) is 20.3. The third-order valence-corrected chi connectivity index (χ3v) is 6.10. The van der Waals surface area contributed by atoms with Crippen LogP contribution in [0.5, 0.6) is 0 Å². The van der Waals surface area contributed by atoms with Gasteiger partial charge in [-0.25, -0.2) is 4.39 Å². The molecular formula is C25H27FN2O2. The van der Waals surface area contributed by atoms with Crippen molar-refractivity contribution in [3.8, 4) is 0 Å². The van der Waals surface area contributed by atoms with Gasteiger partial charge in [0.25, 0.3) is 11.5 Å². The fourth-order valence-corrected chi connectivity index (χ4v) is 4.53. The first-order chi connectivity index (χ1) is 14.4. The van der Waals surface area contributed by atoms with E-state index in [-0.39, 0.29) is 29.9 Å². The Morgan fingerprint density at radius 2 is 1.77 bits per heavy atom. The zero-order valence-corrected chi connectivity index (χ0v) is 17.5. The predicted octanol–water partition coefficient (Wildman–Crippen LogP) is 5.26. The number of halogens is 1. The van der Waals surface area contributed by atoms with Gasteiger partial charge in [0.1, 0.15) is 5.82 Å². The SMILES string of the molecule is Cc1cc(C)c2cc(CN(C(=O)c3ccc(F)cc3)C3CCCCC3)c(=O)[nH]c2c1. The Labute approximate surface area is 175 Å². The van der Waals surface area contributed by atoms with Crippen LogP contribution in [0.4, 0.5) is 4.39 Å². The van der Waals surface area contributed by atoms with Crippen LogP contribution in [-0.4, -0.2) is 21.8 Å². The summed E-state index contributed by atoms with van der Waals surface area (Å²) < 4.78 is 13.3. The molecule has 4 nitrogen and oxygen atoms in total. The molecular weight excluding hydrogens is 379 g/mol. The summed E-state index contributed by atoms with van der Waals surface area (Å²) in [5.41, 5.74) is 3.87. The van der Waals surface area contributed by atoms with Gasteiger partial charge in [0.15, 0.2) is 0 Å². The highest BCUT2D eigenvalue weighted by Crippen LogP contribution is 2.26. The Kier molecular flexibility index (Phi) is 5.71. The molecule has 156 valence electrons. The number of H-pyrrole nitrogens is 1. The second kappa shape index (κ2) is 8.42. The third kappa shape index (κ3) is 4.16. The zero-order chi connectivity index (χ0) is 21.3. The number of hydrogen-bond acceptors (Lipinski definition) is 2. The summed E-state index contributed by atoms with van der Waals surface area (Å²) in [7, 11) is 0. The summed E-state index contributed by atoms with van der Waals surface area (Å²) in [5.74, 6) is -0.519. The van der Waals surface area contributed by atoms with Gasteiger partial charge in [0.2, 0.25) is 0 Å². The molecule has 30 heavy (non-hydrogen) atoms. The lowest BCUT2D eigenvalue weighted by Gasteiger charge is -2.34. The lowest BCUT2D eigenvalue weighted by molar-refractivity contribution is 0.0613. The maximum absolute atomic E-state index is 13.3. The van der Waals surface area contributed by atoms with Crippen LogP contribution in [0.2, 0.25) is 0 Å². The molecule has 1 amide bonds. The number of carbonyl (C=O) groups excluding carboxylic acids is 1. The molecule has 0 spiro atoms. The first-order valence-electron chi connectivity index (χ1n) is 10.6. The largest absolute Gasteiger partial charge is 0.331 e. The molecule has 1 fully saturated rings. The number of aromatic nitrogens is 1. The average Bonchev–Trinajstić information content (AvgIpc) is 2.73. The van der Waals surface area contributed by atoms with Crippen molar-refractivity contribution in [2.45, 2.75) is 58.5 Å². The smallest absolute Gasteiger partial charge is 0.254 e. The molecule has 0 saturated heterocycles. The summed E-state index contributed by atoms with van der Waals surface area (Å²) >= 11 is 0. The fourth-order valence-electron chi connectivity index (χ4n) is 4.53. The summed E-state index contributed by atoms with van der Waals surface area (Å²) in [6.07, 6.45) is 5.17. The van der Waals surface area contributed by atoms with Crippen LogP contribution >= 0.6 is 0 Å². The van der Waals surface area contributed by atoms with E-state index in [2.05, 4.69) is 11.1 Å². The van der Waals surface area contributed by atoms with E-state index in [1.165, 1.54) is 30.7 Å². The molecule has 5 heteroatoms. The van der Waals surface area contributed by atoms with Gasteiger partial charge in [-0.1, -0.05) is 25.3 Å². The van der Waals surface area contributed by atoms with Crippen LogP contribution < -0.4 is 5.56 Å². The predicted molar refractivity (Wildman–Crippen MR) is 117 cm³/mol. The number of aryl methyl sites for hydroxylation is 2. The van der Waals surface area contributed by atoms with Gasteiger partial charge in [0.05, 0.1) is 6.54 Å². The van der Waals surface area contributed by atoms with Gasteiger partial charge in [-0.05, 0) is 74.2 Å². The Morgan fingerprint density at radius 1 is 1.07 bits per heavy atom. The molecule has 1 aliphatic rings. The van der Waals surface area contributed by atoms with Gasteiger partial charge >= 0.3 is 0 Å². The van der Waals surface area contributed by atoms with Crippen molar-refractivity contribution < 1.29 is 9.18 Å². The average molecular weight is 407 g/mol. The van der Waals surface area contributed by atoms with E-state index in [1.807, 2.05) is 30.9 Å². The van der Waals surface area contributed by atoms with E-state index in [4.69, 9.17) is 0 Å². The van der Waals surface area contributed by atoms with Crippen molar-refractivity contribution >= 4 is 16.8 Å². The van der Waals surface area contributed by atoms with E-state index in [0.29, 0.717) is 11.1 Å². The Bertz CT molecular complexity index is 1130. The molecule has 0 aliphatic heterocycles. The molecule has 1 N–H and O–H groups in total. The van der Waals surface area contributed by atoms with Crippen molar-refractivity contribution in [3.05, 3.63) is 80.9 Å². The number of rotatable bonds is 4. The minimum atomic E-state index is -0.368. The van der Waals surface area contributed by atoms with Crippen LogP contribution in [-0.2, 0) is 6.54 Å². The summed E-state index contributed by atoms with van der Waals surface area (Å²) in [4.78, 5) is 31.0. The first-order valence-corrected chi connectivity index (χ1v) is 10.6. The maximum atomic E-state index is 13.3. The highest BCUT2D eigenvalue weighted by Gasteiger charge is 2.27. The summed E-state index contributed by atoms with van der Waals surface area (Å²) in [6, 6.07) is 11.7. The van der Waals surface area contributed by atoms with E-state index < -0.39 is 0 Å². The van der Waals surface area contributed by atoms with Crippen molar-refractivity contribution in [3.63, 3.8) is 0 Å². The molecule has 1 aromatic heterocycles. The quantitative estimate of drug-likeness (QED) is 0.643. The fraction of sp³-hybridized carbons (Fsp3) is 0.360. The second-order valence-corrected chi connectivity index (χ2v) is 8.40. The minimum Gasteiger partial charge on any atom is -0.331 e. The lowest BCUT2D eigenvalue weighted by atomic mass is 9.93. The second-order valence-electron chi connectivity index (χ2n) is 8.40.